The summed E-state index contributed by atoms with van der Waals surface area (Å²) in [6.07, 6.45) is 0. The van der Waals surface area contributed by atoms with E-state index in [0.29, 0.717) is 0 Å². The second-order valence-electron chi connectivity index (χ2n) is 5.91. The average Bonchev–Trinajstić information content (AvgIpc) is 2.42. The monoisotopic (exact) mass is 321 g/mol. The van der Waals surface area contributed by atoms with E-state index >= 15 is 0 Å². The van der Waals surface area contributed by atoms with Crippen LogP contribution >= 0.6 is 11.8 Å². The van der Waals surface area contributed by atoms with Crippen molar-refractivity contribution in [1.82, 2.24) is 0 Å². The van der Waals surface area contributed by atoms with Crippen molar-refractivity contribution in [1.29, 1.82) is 0 Å². The minimum Gasteiger partial charge on any atom is -0.314 e. The van der Waals surface area contributed by atoms with Gasteiger partial charge in [0.05, 0.1) is 5.69 Å². The molecule has 2 nitrogen and oxygen atoms in total. The first-order chi connectivity index (χ1) is 10.3. The Balaban J connectivity index is 2.04. The SMILES string of the molecule is CC(C)(C)c1ccc(SC(=O)Nc2cc(F)ccc2F)cc1. The lowest BCUT2D eigenvalue weighted by atomic mass is 9.87. The molecular formula is C17H17F2NOS. The van der Waals surface area contributed by atoms with Crippen molar-refractivity contribution in [2.45, 2.75) is 31.1 Å². The van der Waals surface area contributed by atoms with Gasteiger partial charge in [0.1, 0.15) is 11.6 Å². The third kappa shape index (κ3) is 4.31. The summed E-state index contributed by atoms with van der Waals surface area (Å²) in [5.41, 5.74) is 1.04. The standard InChI is InChI=1S/C17H17F2NOS/c1-17(2,3)11-4-7-13(8-5-11)22-16(21)20-15-10-12(18)6-9-14(15)19/h4-10H,1-3H3,(H,20,21). The third-order valence-corrected chi connectivity index (χ3v) is 3.89. The smallest absolute Gasteiger partial charge is 0.288 e. The molecule has 0 fully saturated rings. The minimum atomic E-state index is -0.668. The van der Waals surface area contributed by atoms with Gasteiger partial charge in [-0.1, -0.05) is 32.9 Å². The molecule has 0 aromatic heterocycles. The van der Waals surface area contributed by atoms with Gasteiger partial charge in [-0.15, -0.1) is 0 Å². The normalized spacial score (nSPS) is 11.3. The predicted octanol–water partition coefficient (Wildman–Crippen LogP) is 5.59. The van der Waals surface area contributed by atoms with Gasteiger partial charge in [-0.3, -0.25) is 4.79 Å². The van der Waals surface area contributed by atoms with Crippen LogP contribution in [0.25, 0.3) is 0 Å². The number of hydrogen-bond donors (Lipinski definition) is 1. The van der Waals surface area contributed by atoms with Crippen LogP contribution in [0.4, 0.5) is 19.3 Å². The molecule has 2 aromatic carbocycles. The zero-order valence-electron chi connectivity index (χ0n) is 12.6. The Morgan fingerprint density at radius 2 is 1.68 bits per heavy atom. The topological polar surface area (TPSA) is 29.1 Å². The number of carbonyl (C=O) groups excluding carboxylic acids is 1. The van der Waals surface area contributed by atoms with Gasteiger partial charge in [-0.05, 0) is 47.0 Å². The quantitative estimate of drug-likeness (QED) is 0.731. The van der Waals surface area contributed by atoms with E-state index in [-0.39, 0.29) is 11.1 Å². The number of anilines is 1. The average molecular weight is 321 g/mol. The second kappa shape index (κ2) is 6.48. The Kier molecular flexibility index (Phi) is 4.86. The first kappa shape index (κ1) is 16.5. The molecule has 0 spiro atoms. The summed E-state index contributed by atoms with van der Waals surface area (Å²) in [5.74, 6) is -1.27. The van der Waals surface area contributed by atoms with Crippen LogP contribution in [0, 0.1) is 11.6 Å². The lowest BCUT2D eigenvalue weighted by Gasteiger charge is -2.18. The molecule has 0 atom stereocenters. The highest BCUT2D eigenvalue weighted by molar-refractivity contribution is 8.13. The number of carbonyl (C=O) groups is 1. The van der Waals surface area contributed by atoms with Crippen LogP contribution in [0.2, 0.25) is 0 Å². The van der Waals surface area contributed by atoms with Crippen LogP contribution in [0.3, 0.4) is 0 Å². The first-order valence-electron chi connectivity index (χ1n) is 6.80. The third-order valence-electron chi connectivity index (χ3n) is 3.10. The maximum atomic E-state index is 13.5. The molecule has 1 amide bonds. The summed E-state index contributed by atoms with van der Waals surface area (Å²) in [7, 11) is 0. The molecule has 0 aliphatic carbocycles. The summed E-state index contributed by atoms with van der Waals surface area (Å²) in [4.78, 5) is 12.6. The Morgan fingerprint density at radius 1 is 1.05 bits per heavy atom. The number of thioether (sulfide) groups is 1. The van der Waals surface area contributed by atoms with Gasteiger partial charge >= 0.3 is 0 Å². The predicted molar refractivity (Wildman–Crippen MR) is 86.4 cm³/mol. The molecule has 0 radical (unpaired) electrons. The molecule has 116 valence electrons. The maximum absolute atomic E-state index is 13.5. The number of rotatable bonds is 2. The molecule has 1 N–H and O–H groups in total. The van der Waals surface area contributed by atoms with Crippen molar-refractivity contribution in [3.8, 4) is 0 Å². The van der Waals surface area contributed by atoms with E-state index in [9.17, 15) is 13.6 Å². The summed E-state index contributed by atoms with van der Waals surface area (Å²) in [6, 6.07) is 10.5. The van der Waals surface area contributed by atoms with Crippen LogP contribution in [0.1, 0.15) is 26.3 Å². The van der Waals surface area contributed by atoms with Gasteiger partial charge in [-0.2, -0.15) is 0 Å². The zero-order valence-corrected chi connectivity index (χ0v) is 13.4. The van der Waals surface area contributed by atoms with Crippen molar-refractivity contribution >= 4 is 22.7 Å². The lowest BCUT2D eigenvalue weighted by Crippen LogP contribution is -2.10. The second-order valence-corrected chi connectivity index (χ2v) is 6.96. The van der Waals surface area contributed by atoms with Gasteiger partial charge in [-0.25, -0.2) is 8.78 Å². The fraction of sp³-hybridized carbons (Fsp3) is 0.235. The van der Waals surface area contributed by atoms with E-state index < -0.39 is 16.9 Å². The summed E-state index contributed by atoms with van der Waals surface area (Å²) in [5, 5.41) is 1.89. The van der Waals surface area contributed by atoms with E-state index in [1.54, 1.807) is 0 Å². The van der Waals surface area contributed by atoms with Crippen molar-refractivity contribution < 1.29 is 13.6 Å². The minimum absolute atomic E-state index is 0.0378. The van der Waals surface area contributed by atoms with Crippen LogP contribution < -0.4 is 5.32 Å². The van der Waals surface area contributed by atoms with E-state index in [4.69, 9.17) is 0 Å². The molecule has 0 bridgehead atoms. The fourth-order valence-electron chi connectivity index (χ4n) is 1.86. The molecule has 0 saturated heterocycles. The Bertz CT molecular complexity index is 678. The molecule has 0 saturated carbocycles. The first-order valence-corrected chi connectivity index (χ1v) is 7.62. The van der Waals surface area contributed by atoms with Crippen molar-refractivity contribution in [3.63, 3.8) is 0 Å². The summed E-state index contributed by atoms with van der Waals surface area (Å²) >= 11 is 0.933. The maximum Gasteiger partial charge on any atom is 0.288 e. The molecule has 2 aromatic rings. The number of hydrogen-bond acceptors (Lipinski definition) is 2. The van der Waals surface area contributed by atoms with Gasteiger partial charge in [0.15, 0.2) is 0 Å². The van der Waals surface area contributed by atoms with Gasteiger partial charge < -0.3 is 5.32 Å². The molecule has 0 heterocycles. The molecule has 0 unspecified atom stereocenters. The highest BCUT2D eigenvalue weighted by Crippen LogP contribution is 2.27. The van der Waals surface area contributed by atoms with Crippen LogP contribution in [0.5, 0.6) is 0 Å². The Labute approximate surface area is 132 Å². The molecule has 2 rings (SSSR count). The van der Waals surface area contributed by atoms with Crippen molar-refractivity contribution in [3.05, 3.63) is 59.7 Å². The van der Waals surface area contributed by atoms with Crippen LogP contribution in [-0.4, -0.2) is 5.24 Å². The number of benzene rings is 2. The van der Waals surface area contributed by atoms with E-state index in [2.05, 4.69) is 26.1 Å². The van der Waals surface area contributed by atoms with Gasteiger partial charge in [0.25, 0.3) is 5.24 Å². The Morgan fingerprint density at radius 3 is 2.27 bits per heavy atom. The van der Waals surface area contributed by atoms with E-state index in [1.807, 2.05) is 24.3 Å². The van der Waals surface area contributed by atoms with Crippen molar-refractivity contribution in [2.75, 3.05) is 5.32 Å². The number of halogens is 2. The zero-order chi connectivity index (χ0) is 16.3. The van der Waals surface area contributed by atoms with Crippen LogP contribution in [-0.2, 0) is 5.41 Å². The van der Waals surface area contributed by atoms with Crippen molar-refractivity contribution in [2.24, 2.45) is 0 Å². The summed E-state index contributed by atoms with van der Waals surface area (Å²) in [6.45, 7) is 6.32. The van der Waals surface area contributed by atoms with Crippen LogP contribution in [0.15, 0.2) is 47.4 Å². The van der Waals surface area contributed by atoms with E-state index in [0.717, 1.165) is 40.4 Å². The lowest BCUT2D eigenvalue weighted by molar-refractivity contribution is 0.269. The molecule has 22 heavy (non-hydrogen) atoms. The highest BCUT2D eigenvalue weighted by atomic mass is 32.2. The molecular weight excluding hydrogens is 304 g/mol. The number of nitrogens with one attached hydrogen (secondary N) is 1. The highest BCUT2D eigenvalue weighted by Gasteiger charge is 2.14. The van der Waals surface area contributed by atoms with Gasteiger partial charge in [0.2, 0.25) is 0 Å². The Hall–Kier alpha value is -1.88. The fourth-order valence-corrected chi connectivity index (χ4v) is 2.51. The summed E-state index contributed by atoms with van der Waals surface area (Å²) < 4.78 is 26.5. The molecule has 0 aliphatic heterocycles. The number of amides is 1. The molecule has 0 aliphatic rings. The largest absolute Gasteiger partial charge is 0.314 e. The van der Waals surface area contributed by atoms with E-state index in [1.165, 1.54) is 0 Å². The molecule has 5 heteroatoms. The van der Waals surface area contributed by atoms with Gasteiger partial charge in [0, 0.05) is 11.0 Å².